The van der Waals surface area contributed by atoms with Gasteiger partial charge in [-0.05, 0) is 31.0 Å². The lowest BCUT2D eigenvalue weighted by atomic mass is 10.1. The van der Waals surface area contributed by atoms with E-state index in [-0.39, 0.29) is 0 Å². The highest BCUT2D eigenvalue weighted by Crippen LogP contribution is 2.22. The second-order valence-electron chi connectivity index (χ2n) is 2.97. The van der Waals surface area contributed by atoms with E-state index in [4.69, 9.17) is 9.66 Å². The van der Waals surface area contributed by atoms with E-state index in [1.807, 2.05) is 37.3 Å². The molecule has 1 aromatic carbocycles. The van der Waals surface area contributed by atoms with Crippen LogP contribution in [-0.2, 0) is 0 Å². The maximum Gasteiger partial charge on any atom is 0.134 e. The topological polar surface area (TPSA) is 52.0 Å². The summed E-state index contributed by atoms with van der Waals surface area (Å²) in [6, 6.07) is 9.79. The molecule has 2 rings (SSSR count). The van der Waals surface area contributed by atoms with E-state index < -0.39 is 0 Å². The first kappa shape index (κ1) is 9.30. The van der Waals surface area contributed by atoms with Crippen LogP contribution in [0, 0.1) is 6.92 Å². The molecule has 72 valence electrons. The zero-order chi connectivity index (χ0) is 9.97. The molecule has 2 aromatic rings. The average molecular weight is 206 g/mol. The molecule has 0 amide bonds. The quantitative estimate of drug-likeness (QED) is 0.767. The normalized spacial score (nSPS) is 10.4. The highest BCUT2D eigenvalue weighted by Gasteiger charge is 2.03. The van der Waals surface area contributed by atoms with Gasteiger partial charge in [0.15, 0.2) is 0 Å². The molecule has 0 aliphatic carbocycles. The summed E-state index contributed by atoms with van der Waals surface area (Å²) in [5, 5.41) is 9.41. The van der Waals surface area contributed by atoms with Crippen LogP contribution in [0.2, 0.25) is 0 Å². The predicted molar refractivity (Wildman–Crippen MR) is 56.7 cm³/mol. The lowest BCUT2D eigenvalue weighted by molar-refractivity contribution is 0.399. The van der Waals surface area contributed by atoms with Gasteiger partial charge in [-0.25, -0.2) is 0 Å². The summed E-state index contributed by atoms with van der Waals surface area (Å²) in [6.45, 7) is 1.87. The first-order chi connectivity index (χ1) is 6.79. The summed E-state index contributed by atoms with van der Waals surface area (Å²) in [7, 11) is 0. The third-order valence-corrected chi connectivity index (χ3v) is 2.42. The van der Waals surface area contributed by atoms with E-state index >= 15 is 0 Å². The first-order valence-corrected chi connectivity index (χ1v) is 5.08. The van der Waals surface area contributed by atoms with Gasteiger partial charge in [0.2, 0.25) is 0 Å². The van der Waals surface area contributed by atoms with E-state index in [1.54, 1.807) is 0 Å². The summed E-state index contributed by atoms with van der Waals surface area (Å²) in [5.41, 5.74) is 1.87. The molecule has 2 N–H and O–H groups in total. The van der Waals surface area contributed by atoms with Crippen molar-refractivity contribution in [1.82, 2.24) is 5.16 Å². The smallest absolute Gasteiger partial charge is 0.134 e. The van der Waals surface area contributed by atoms with Gasteiger partial charge < -0.3 is 4.52 Å². The fraction of sp³-hybridized carbons (Fsp3) is 0.100. The molecular formula is C10H10N2OS. The standard InChI is InChI=1S/C10H10N2OS/c1-7-5-10(12-13-7)8-3-2-4-9(6-8)14-11/h2-6H,11H2,1H3. The average Bonchev–Trinajstić information content (AvgIpc) is 2.65. The molecular weight excluding hydrogens is 196 g/mol. The maximum atomic E-state index is 5.47. The van der Waals surface area contributed by atoms with Crippen molar-refractivity contribution >= 4 is 11.9 Å². The minimum atomic E-state index is 0.811. The zero-order valence-electron chi connectivity index (χ0n) is 7.73. The third-order valence-electron chi connectivity index (χ3n) is 1.89. The Morgan fingerprint density at radius 1 is 1.36 bits per heavy atom. The fourth-order valence-electron chi connectivity index (χ4n) is 1.23. The van der Waals surface area contributed by atoms with Gasteiger partial charge >= 0.3 is 0 Å². The minimum Gasteiger partial charge on any atom is -0.361 e. The van der Waals surface area contributed by atoms with E-state index in [9.17, 15) is 0 Å². The van der Waals surface area contributed by atoms with Crippen LogP contribution in [0.4, 0.5) is 0 Å². The fourth-order valence-corrected chi connectivity index (χ4v) is 1.58. The minimum absolute atomic E-state index is 0.811. The van der Waals surface area contributed by atoms with Crippen molar-refractivity contribution in [1.29, 1.82) is 0 Å². The van der Waals surface area contributed by atoms with Gasteiger partial charge in [-0.1, -0.05) is 17.3 Å². The molecule has 0 spiro atoms. The predicted octanol–water partition coefficient (Wildman–Crippen LogP) is 2.62. The third kappa shape index (κ3) is 1.81. The number of nitrogens with two attached hydrogens (primary N) is 1. The summed E-state index contributed by atoms with van der Waals surface area (Å²) >= 11 is 1.23. The van der Waals surface area contributed by atoms with Gasteiger partial charge in [-0.2, -0.15) is 0 Å². The largest absolute Gasteiger partial charge is 0.361 e. The van der Waals surface area contributed by atoms with Gasteiger partial charge in [-0.15, -0.1) is 0 Å². The summed E-state index contributed by atoms with van der Waals surface area (Å²) in [6.07, 6.45) is 0. The number of aromatic nitrogens is 1. The van der Waals surface area contributed by atoms with Crippen LogP contribution < -0.4 is 5.14 Å². The lowest BCUT2D eigenvalue weighted by Crippen LogP contribution is -1.81. The number of hydrogen-bond acceptors (Lipinski definition) is 4. The number of benzene rings is 1. The maximum absolute atomic E-state index is 5.47. The highest BCUT2D eigenvalue weighted by atomic mass is 32.2. The van der Waals surface area contributed by atoms with Crippen molar-refractivity contribution in [2.24, 2.45) is 5.14 Å². The number of hydrogen-bond donors (Lipinski definition) is 1. The molecule has 0 fully saturated rings. The SMILES string of the molecule is Cc1cc(-c2cccc(SN)c2)no1. The van der Waals surface area contributed by atoms with Crippen LogP contribution in [0.1, 0.15) is 5.76 Å². The highest BCUT2D eigenvalue weighted by molar-refractivity contribution is 7.97. The van der Waals surface area contributed by atoms with Gasteiger partial charge in [-0.3, -0.25) is 5.14 Å². The van der Waals surface area contributed by atoms with Crippen LogP contribution in [-0.4, -0.2) is 5.16 Å². The first-order valence-electron chi connectivity index (χ1n) is 4.20. The summed E-state index contributed by atoms with van der Waals surface area (Å²) < 4.78 is 5.00. The van der Waals surface area contributed by atoms with Crippen molar-refractivity contribution in [3.63, 3.8) is 0 Å². The second kappa shape index (κ2) is 3.86. The molecule has 0 saturated carbocycles. The Kier molecular flexibility index (Phi) is 2.56. The molecule has 4 heteroatoms. The van der Waals surface area contributed by atoms with Crippen LogP contribution in [0.25, 0.3) is 11.3 Å². The number of nitrogens with zero attached hydrogens (tertiary/aromatic N) is 1. The van der Waals surface area contributed by atoms with Crippen molar-refractivity contribution in [2.45, 2.75) is 11.8 Å². The van der Waals surface area contributed by atoms with Gasteiger partial charge in [0.25, 0.3) is 0 Å². The van der Waals surface area contributed by atoms with Crippen LogP contribution in [0.5, 0.6) is 0 Å². The molecule has 0 aliphatic heterocycles. The van der Waals surface area contributed by atoms with E-state index in [0.717, 1.165) is 21.9 Å². The van der Waals surface area contributed by atoms with Crippen LogP contribution in [0.3, 0.4) is 0 Å². The second-order valence-corrected chi connectivity index (χ2v) is 3.68. The Morgan fingerprint density at radius 2 is 2.21 bits per heavy atom. The molecule has 0 aliphatic rings. The Morgan fingerprint density at radius 3 is 2.86 bits per heavy atom. The van der Waals surface area contributed by atoms with E-state index in [0.29, 0.717) is 0 Å². The Balaban J connectivity index is 2.41. The van der Waals surface area contributed by atoms with Crippen molar-refractivity contribution in [3.8, 4) is 11.3 Å². The molecule has 0 radical (unpaired) electrons. The molecule has 1 heterocycles. The van der Waals surface area contributed by atoms with Gasteiger partial charge in [0.1, 0.15) is 11.5 Å². The lowest BCUT2D eigenvalue weighted by Gasteiger charge is -1.98. The Bertz CT molecular complexity index is 439. The molecule has 14 heavy (non-hydrogen) atoms. The van der Waals surface area contributed by atoms with Crippen molar-refractivity contribution < 1.29 is 4.52 Å². The van der Waals surface area contributed by atoms with E-state index in [2.05, 4.69) is 5.16 Å². The number of aryl methyl sites for hydroxylation is 1. The molecule has 3 nitrogen and oxygen atoms in total. The summed E-state index contributed by atoms with van der Waals surface area (Å²) in [4.78, 5) is 1.02. The van der Waals surface area contributed by atoms with E-state index in [1.165, 1.54) is 11.9 Å². The van der Waals surface area contributed by atoms with Gasteiger partial charge in [0.05, 0.1) is 0 Å². The summed E-state index contributed by atoms with van der Waals surface area (Å²) in [5.74, 6) is 0.811. The van der Waals surface area contributed by atoms with Crippen LogP contribution >= 0.6 is 11.9 Å². The molecule has 1 aromatic heterocycles. The molecule has 0 saturated heterocycles. The van der Waals surface area contributed by atoms with Crippen molar-refractivity contribution in [2.75, 3.05) is 0 Å². The molecule has 0 bridgehead atoms. The van der Waals surface area contributed by atoms with Gasteiger partial charge in [0, 0.05) is 16.5 Å². The van der Waals surface area contributed by atoms with Crippen LogP contribution in [0.15, 0.2) is 39.8 Å². The monoisotopic (exact) mass is 206 g/mol. The Labute approximate surface area is 86.4 Å². The Hall–Kier alpha value is -1.26. The molecule has 0 atom stereocenters. The molecule has 0 unspecified atom stereocenters. The zero-order valence-corrected chi connectivity index (χ0v) is 8.54. The number of rotatable bonds is 2. The van der Waals surface area contributed by atoms with Crippen molar-refractivity contribution in [3.05, 3.63) is 36.1 Å².